The highest BCUT2D eigenvalue weighted by atomic mass is 32.2. The van der Waals surface area contributed by atoms with Crippen LogP contribution in [0.1, 0.15) is 35.4 Å². The zero-order valence-electron chi connectivity index (χ0n) is 11.3. The molecule has 1 fully saturated rings. The molecule has 1 aliphatic heterocycles. The van der Waals surface area contributed by atoms with Crippen molar-refractivity contribution in [1.82, 2.24) is 15.2 Å². The summed E-state index contributed by atoms with van der Waals surface area (Å²) in [4.78, 5) is 28.7. The first kappa shape index (κ1) is 15.1. The van der Waals surface area contributed by atoms with E-state index < -0.39 is 5.97 Å². The summed E-state index contributed by atoms with van der Waals surface area (Å²) < 4.78 is 0. The largest absolute Gasteiger partial charge is 0.476 e. The van der Waals surface area contributed by atoms with Gasteiger partial charge in [0.25, 0.3) is 0 Å². The van der Waals surface area contributed by atoms with Crippen LogP contribution >= 0.6 is 23.1 Å². The van der Waals surface area contributed by atoms with Gasteiger partial charge in [-0.3, -0.25) is 0 Å². The maximum absolute atomic E-state index is 12.1. The van der Waals surface area contributed by atoms with Crippen LogP contribution in [0.4, 0.5) is 4.79 Å². The standard InChI is InChI=1S/C12H17N3O3S2/c1-7-5-15(3-4-19-7)12(18)13-8(2)10-14-9(6-20-10)11(16)17/h6-8H,3-5H2,1-2H3,(H,13,18)(H,16,17). The number of carbonyl (C=O) groups is 2. The van der Waals surface area contributed by atoms with E-state index in [4.69, 9.17) is 5.11 Å². The maximum Gasteiger partial charge on any atom is 0.355 e. The molecule has 2 amide bonds. The van der Waals surface area contributed by atoms with Gasteiger partial charge in [0.2, 0.25) is 0 Å². The number of amides is 2. The number of aromatic carboxylic acids is 1. The summed E-state index contributed by atoms with van der Waals surface area (Å²) in [6.07, 6.45) is 0. The average molecular weight is 315 g/mol. The van der Waals surface area contributed by atoms with E-state index in [0.717, 1.165) is 18.8 Å². The number of nitrogens with one attached hydrogen (secondary N) is 1. The van der Waals surface area contributed by atoms with Crippen molar-refractivity contribution in [2.45, 2.75) is 25.1 Å². The van der Waals surface area contributed by atoms with Crippen LogP contribution in [0.15, 0.2) is 5.38 Å². The molecule has 0 radical (unpaired) electrons. The Morgan fingerprint density at radius 2 is 2.35 bits per heavy atom. The quantitative estimate of drug-likeness (QED) is 0.892. The van der Waals surface area contributed by atoms with Gasteiger partial charge in [-0.2, -0.15) is 11.8 Å². The monoisotopic (exact) mass is 315 g/mol. The Morgan fingerprint density at radius 3 is 2.95 bits per heavy atom. The fourth-order valence-corrected chi connectivity index (χ4v) is 3.74. The van der Waals surface area contributed by atoms with Gasteiger partial charge in [-0.25, -0.2) is 14.6 Å². The Morgan fingerprint density at radius 1 is 1.60 bits per heavy atom. The number of hydrogen-bond acceptors (Lipinski definition) is 5. The first-order chi connectivity index (χ1) is 9.47. The van der Waals surface area contributed by atoms with Crippen molar-refractivity contribution in [3.05, 3.63) is 16.1 Å². The van der Waals surface area contributed by atoms with E-state index in [-0.39, 0.29) is 17.8 Å². The summed E-state index contributed by atoms with van der Waals surface area (Å²) in [5.41, 5.74) is 0.0223. The minimum atomic E-state index is -1.05. The molecule has 1 saturated heterocycles. The average Bonchev–Trinajstić information content (AvgIpc) is 2.88. The summed E-state index contributed by atoms with van der Waals surface area (Å²) in [6.45, 7) is 5.39. The molecule has 0 aromatic carbocycles. The van der Waals surface area contributed by atoms with Crippen molar-refractivity contribution in [3.63, 3.8) is 0 Å². The van der Waals surface area contributed by atoms with Gasteiger partial charge in [-0.05, 0) is 6.92 Å². The second kappa shape index (κ2) is 6.45. The van der Waals surface area contributed by atoms with E-state index >= 15 is 0 Å². The zero-order valence-corrected chi connectivity index (χ0v) is 13.0. The van der Waals surface area contributed by atoms with Gasteiger partial charge >= 0.3 is 12.0 Å². The SMILES string of the molecule is CC1CN(C(=O)NC(C)c2nc(C(=O)O)cs2)CCS1. The lowest BCUT2D eigenvalue weighted by molar-refractivity contribution is 0.0691. The van der Waals surface area contributed by atoms with Crippen LogP contribution in [-0.2, 0) is 0 Å². The van der Waals surface area contributed by atoms with Crippen LogP contribution < -0.4 is 5.32 Å². The molecule has 0 spiro atoms. The molecule has 2 unspecified atom stereocenters. The van der Waals surface area contributed by atoms with Crippen LogP contribution in [0, 0.1) is 0 Å². The van der Waals surface area contributed by atoms with Gasteiger partial charge in [0, 0.05) is 29.5 Å². The molecular formula is C12H17N3O3S2. The van der Waals surface area contributed by atoms with Crippen molar-refractivity contribution < 1.29 is 14.7 Å². The van der Waals surface area contributed by atoms with Crippen LogP contribution in [0.2, 0.25) is 0 Å². The zero-order chi connectivity index (χ0) is 14.7. The Balaban J connectivity index is 1.94. The normalized spacial score (nSPS) is 20.5. The number of carbonyl (C=O) groups excluding carboxylic acids is 1. The lowest BCUT2D eigenvalue weighted by atomic mass is 10.3. The molecule has 1 aliphatic rings. The molecule has 2 N–H and O–H groups in total. The first-order valence-electron chi connectivity index (χ1n) is 6.33. The van der Waals surface area contributed by atoms with Crippen molar-refractivity contribution >= 4 is 35.1 Å². The van der Waals surface area contributed by atoms with E-state index in [0.29, 0.717) is 10.3 Å². The third kappa shape index (κ3) is 3.63. The predicted molar refractivity (Wildman–Crippen MR) is 79.5 cm³/mol. The molecule has 6 nitrogen and oxygen atoms in total. The van der Waals surface area contributed by atoms with E-state index in [1.165, 1.54) is 16.7 Å². The molecule has 1 aromatic rings. The molecule has 0 aliphatic carbocycles. The molecule has 2 heterocycles. The van der Waals surface area contributed by atoms with Gasteiger partial charge in [0.05, 0.1) is 6.04 Å². The number of carboxylic acid groups (broad SMARTS) is 1. The summed E-state index contributed by atoms with van der Waals surface area (Å²) in [5.74, 6) is -0.100. The van der Waals surface area contributed by atoms with E-state index in [1.54, 1.807) is 4.90 Å². The summed E-state index contributed by atoms with van der Waals surface area (Å²) >= 11 is 3.11. The number of nitrogens with zero attached hydrogens (tertiary/aromatic N) is 2. The summed E-state index contributed by atoms with van der Waals surface area (Å²) in [5, 5.41) is 14.3. The highest BCUT2D eigenvalue weighted by molar-refractivity contribution is 7.99. The second-order valence-electron chi connectivity index (χ2n) is 4.67. The van der Waals surface area contributed by atoms with Gasteiger partial charge < -0.3 is 15.3 Å². The predicted octanol–water partition coefficient (Wildman–Crippen LogP) is 2.05. The van der Waals surface area contributed by atoms with Crippen molar-refractivity contribution in [3.8, 4) is 0 Å². The number of thiazole rings is 1. The second-order valence-corrected chi connectivity index (χ2v) is 7.11. The first-order valence-corrected chi connectivity index (χ1v) is 8.26. The third-order valence-corrected chi connectivity index (χ3v) is 5.14. The van der Waals surface area contributed by atoms with Crippen LogP contribution in [0.25, 0.3) is 0 Å². The van der Waals surface area contributed by atoms with Crippen molar-refractivity contribution in [1.29, 1.82) is 0 Å². The Labute approximate surface area is 125 Å². The highest BCUT2D eigenvalue weighted by Gasteiger charge is 2.23. The molecule has 0 saturated carbocycles. The van der Waals surface area contributed by atoms with E-state index in [9.17, 15) is 9.59 Å². The van der Waals surface area contributed by atoms with Crippen molar-refractivity contribution in [2.75, 3.05) is 18.8 Å². The molecule has 110 valence electrons. The molecule has 8 heteroatoms. The smallest absolute Gasteiger partial charge is 0.355 e. The Bertz CT molecular complexity index is 506. The molecule has 0 bridgehead atoms. The van der Waals surface area contributed by atoms with Crippen LogP contribution in [0.3, 0.4) is 0 Å². The number of rotatable bonds is 3. The minimum Gasteiger partial charge on any atom is -0.476 e. The van der Waals surface area contributed by atoms with Gasteiger partial charge in [0.1, 0.15) is 5.01 Å². The number of thioether (sulfide) groups is 1. The molecule has 2 rings (SSSR count). The van der Waals surface area contributed by atoms with Crippen molar-refractivity contribution in [2.24, 2.45) is 0 Å². The fourth-order valence-electron chi connectivity index (χ4n) is 1.93. The van der Waals surface area contributed by atoms with Gasteiger partial charge in [-0.15, -0.1) is 11.3 Å². The Hall–Kier alpha value is -1.28. The van der Waals surface area contributed by atoms with Crippen LogP contribution in [-0.4, -0.2) is 51.1 Å². The summed E-state index contributed by atoms with van der Waals surface area (Å²) in [7, 11) is 0. The van der Waals surface area contributed by atoms with Crippen LogP contribution in [0.5, 0.6) is 0 Å². The van der Waals surface area contributed by atoms with Gasteiger partial charge in [-0.1, -0.05) is 6.92 Å². The van der Waals surface area contributed by atoms with Gasteiger partial charge in [0.15, 0.2) is 5.69 Å². The fraction of sp³-hybridized carbons (Fsp3) is 0.583. The highest BCUT2D eigenvalue weighted by Crippen LogP contribution is 2.20. The number of urea groups is 1. The molecular weight excluding hydrogens is 298 g/mol. The number of hydrogen-bond donors (Lipinski definition) is 2. The number of aromatic nitrogens is 1. The number of carboxylic acids is 1. The van der Waals surface area contributed by atoms with E-state index in [2.05, 4.69) is 17.2 Å². The topological polar surface area (TPSA) is 82.5 Å². The molecule has 1 aromatic heterocycles. The maximum atomic E-state index is 12.1. The Kier molecular flexibility index (Phi) is 4.87. The lowest BCUT2D eigenvalue weighted by Crippen LogP contribution is -2.47. The summed E-state index contributed by atoms with van der Waals surface area (Å²) in [6, 6.07) is -0.401. The minimum absolute atomic E-state index is 0.0223. The van der Waals surface area contributed by atoms with E-state index in [1.807, 2.05) is 18.7 Å². The lowest BCUT2D eigenvalue weighted by Gasteiger charge is -2.31. The molecule has 20 heavy (non-hydrogen) atoms. The molecule has 2 atom stereocenters. The third-order valence-electron chi connectivity index (χ3n) is 2.98.